The van der Waals surface area contributed by atoms with Crippen molar-refractivity contribution in [3.8, 4) is 0 Å². The Bertz CT molecular complexity index is 1100. The fourth-order valence-electron chi connectivity index (χ4n) is 4.56. The number of hydrogen-bond acceptors (Lipinski definition) is 4. The number of hydrogen-bond donors (Lipinski definition) is 1. The zero-order valence-corrected chi connectivity index (χ0v) is 22.2. The molecule has 0 atom stereocenters. The summed E-state index contributed by atoms with van der Waals surface area (Å²) in [7, 11) is -3.56. The molecule has 0 spiro atoms. The lowest BCUT2D eigenvalue weighted by Crippen LogP contribution is -2.51. The number of halogens is 1. The Kier molecular flexibility index (Phi) is 8.90. The van der Waals surface area contributed by atoms with Crippen molar-refractivity contribution < 1.29 is 17.6 Å². The highest BCUT2D eigenvalue weighted by atomic mass is 32.2. The normalized spacial score (nSPS) is 15.4. The Morgan fingerprint density at radius 1 is 1.03 bits per heavy atom. The predicted octanol–water partition coefficient (Wildman–Crippen LogP) is 3.68. The van der Waals surface area contributed by atoms with Crippen molar-refractivity contribution in [1.82, 2.24) is 19.4 Å². The van der Waals surface area contributed by atoms with E-state index in [1.54, 1.807) is 21.3 Å². The third-order valence-corrected chi connectivity index (χ3v) is 8.41. The highest BCUT2D eigenvalue weighted by Crippen LogP contribution is 2.26. The Labute approximate surface area is 209 Å². The second-order valence-corrected chi connectivity index (χ2v) is 11.5. The molecule has 3 rings (SSSR count). The number of urea groups is 1. The second kappa shape index (κ2) is 11.5. The highest BCUT2D eigenvalue weighted by molar-refractivity contribution is 7.89. The van der Waals surface area contributed by atoms with E-state index in [9.17, 15) is 17.6 Å². The number of piperazine rings is 1. The monoisotopic (exact) mass is 504 g/mol. The second-order valence-electron chi connectivity index (χ2n) is 9.63. The molecule has 2 aromatic carbocycles. The van der Waals surface area contributed by atoms with Gasteiger partial charge in [-0.05, 0) is 63.4 Å². The number of nitrogens with zero attached hydrogens (tertiary/aromatic N) is 3. The first-order chi connectivity index (χ1) is 16.5. The maximum atomic E-state index is 13.4. The van der Waals surface area contributed by atoms with Crippen LogP contribution < -0.4 is 5.32 Å². The summed E-state index contributed by atoms with van der Waals surface area (Å²) in [5, 5.41) is 2.93. The molecule has 1 aliphatic rings. The predicted molar refractivity (Wildman–Crippen MR) is 136 cm³/mol. The first kappa shape index (κ1) is 27.1. The maximum absolute atomic E-state index is 13.4. The van der Waals surface area contributed by atoms with E-state index in [2.05, 4.69) is 10.2 Å². The summed E-state index contributed by atoms with van der Waals surface area (Å²) < 4.78 is 41.6. The smallest absolute Gasteiger partial charge is 0.317 e. The minimum atomic E-state index is -3.56. The molecule has 1 N–H and O–H groups in total. The van der Waals surface area contributed by atoms with Crippen molar-refractivity contribution in [3.05, 3.63) is 64.5 Å². The molecule has 7 nitrogen and oxygen atoms in total. The lowest BCUT2D eigenvalue weighted by Gasteiger charge is -2.35. The summed E-state index contributed by atoms with van der Waals surface area (Å²) in [6.45, 7) is 13.0. The molecule has 192 valence electrons. The summed E-state index contributed by atoms with van der Waals surface area (Å²) >= 11 is 0. The van der Waals surface area contributed by atoms with E-state index in [-0.39, 0.29) is 17.9 Å². The summed E-state index contributed by atoms with van der Waals surface area (Å²) in [6.07, 6.45) is 0. The van der Waals surface area contributed by atoms with Gasteiger partial charge in [0.05, 0.1) is 4.90 Å². The quantitative estimate of drug-likeness (QED) is 0.595. The molecule has 0 saturated carbocycles. The number of carbonyl (C=O) groups excluding carboxylic acids is 1. The SMILES string of the molecule is Cc1cc(C)c(S(=O)(=O)N2CCN(CCN(Cc3ccc(F)cc3)C(=O)NC(C)C)CC2)c(C)c1. The molecule has 0 aromatic heterocycles. The summed E-state index contributed by atoms with van der Waals surface area (Å²) in [5.74, 6) is -0.309. The zero-order chi connectivity index (χ0) is 25.8. The van der Waals surface area contributed by atoms with Gasteiger partial charge in [0.1, 0.15) is 5.82 Å². The van der Waals surface area contributed by atoms with Crippen molar-refractivity contribution in [3.63, 3.8) is 0 Å². The van der Waals surface area contributed by atoms with Crippen molar-refractivity contribution >= 4 is 16.1 Å². The van der Waals surface area contributed by atoms with Gasteiger partial charge in [-0.15, -0.1) is 0 Å². The molecular weight excluding hydrogens is 467 g/mol. The molecule has 2 amide bonds. The highest BCUT2D eigenvalue weighted by Gasteiger charge is 2.31. The van der Waals surface area contributed by atoms with Gasteiger partial charge in [-0.2, -0.15) is 4.31 Å². The van der Waals surface area contributed by atoms with Crippen LogP contribution in [0.1, 0.15) is 36.1 Å². The maximum Gasteiger partial charge on any atom is 0.317 e. The van der Waals surface area contributed by atoms with Crippen LogP contribution in [0, 0.1) is 26.6 Å². The number of benzene rings is 2. The Morgan fingerprint density at radius 3 is 2.14 bits per heavy atom. The van der Waals surface area contributed by atoms with Crippen LogP contribution in [-0.2, 0) is 16.6 Å². The van der Waals surface area contributed by atoms with Crippen molar-refractivity contribution in [2.24, 2.45) is 0 Å². The van der Waals surface area contributed by atoms with E-state index >= 15 is 0 Å². The summed E-state index contributed by atoms with van der Waals surface area (Å²) in [4.78, 5) is 17.1. The van der Waals surface area contributed by atoms with Gasteiger partial charge in [0, 0.05) is 51.9 Å². The van der Waals surface area contributed by atoms with Crippen molar-refractivity contribution in [2.45, 2.75) is 52.1 Å². The number of carbonyl (C=O) groups is 1. The molecule has 9 heteroatoms. The zero-order valence-electron chi connectivity index (χ0n) is 21.3. The molecule has 1 saturated heterocycles. The minimum Gasteiger partial charge on any atom is -0.336 e. The number of sulfonamides is 1. The Hall–Kier alpha value is -2.49. The van der Waals surface area contributed by atoms with Gasteiger partial charge in [0.2, 0.25) is 10.0 Å². The van der Waals surface area contributed by atoms with E-state index in [1.807, 2.05) is 46.8 Å². The van der Waals surface area contributed by atoms with E-state index in [1.165, 1.54) is 12.1 Å². The minimum absolute atomic E-state index is 0.000608. The van der Waals surface area contributed by atoms with Crippen molar-refractivity contribution in [2.75, 3.05) is 39.3 Å². The van der Waals surface area contributed by atoms with Crippen LogP contribution in [0.5, 0.6) is 0 Å². The molecule has 1 heterocycles. The largest absolute Gasteiger partial charge is 0.336 e. The summed E-state index contributed by atoms with van der Waals surface area (Å²) in [6, 6.07) is 9.81. The molecule has 2 aromatic rings. The molecule has 0 unspecified atom stereocenters. The van der Waals surface area contributed by atoms with Gasteiger partial charge < -0.3 is 10.2 Å². The van der Waals surface area contributed by atoms with Crippen LogP contribution in [0.2, 0.25) is 0 Å². The Balaban J connectivity index is 1.62. The molecule has 1 aliphatic heterocycles. The number of rotatable bonds is 8. The first-order valence-corrected chi connectivity index (χ1v) is 13.5. The third kappa shape index (κ3) is 7.02. The number of nitrogens with one attached hydrogen (secondary N) is 1. The van der Waals surface area contributed by atoms with Crippen LogP contribution in [0.25, 0.3) is 0 Å². The standard InChI is InChI=1S/C26H37FN4O3S/c1-19(2)28-26(32)30(18-23-6-8-24(27)9-7-23)13-10-29-11-14-31(15-12-29)35(33,34)25-21(4)16-20(3)17-22(25)5/h6-9,16-17,19H,10-15,18H2,1-5H3,(H,28,32). The molecule has 0 aliphatic carbocycles. The average Bonchev–Trinajstić information content (AvgIpc) is 2.76. The first-order valence-electron chi connectivity index (χ1n) is 12.1. The van der Waals surface area contributed by atoms with Gasteiger partial charge in [-0.25, -0.2) is 17.6 Å². The van der Waals surface area contributed by atoms with E-state index in [0.717, 1.165) is 22.3 Å². The van der Waals surface area contributed by atoms with Gasteiger partial charge in [0.25, 0.3) is 0 Å². The van der Waals surface area contributed by atoms with Gasteiger partial charge in [-0.3, -0.25) is 4.90 Å². The molecule has 35 heavy (non-hydrogen) atoms. The van der Waals surface area contributed by atoms with Crippen molar-refractivity contribution in [1.29, 1.82) is 0 Å². The van der Waals surface area contributed by atoms with E-state index in [4.69, 9.17) is 0 Å². The van der Waals surface area contributed by atoms with Crippen LogP contribution in [-0.4, -0.2) is 73.9 Å². The lowest BCUT2D eigenvalue weighted by atomic mass is 10.1. The van der Waals surface area contributed by atoms with Crippen LogP contribution in [0.15, 0.2) is 41.3 Å². The Morgan fingerprint density at radius 2 is 1.60 bits per heavy atom. The van der Waals surface area contributed by atoms with E-state index in [0.29, 0.717) is 50.7 Å². The van der Waals surface area contributed by atoms with Crippen LogP contribution in [0.4, 0.5) is 9.18 Å². The molecule has 1 fully saturated rings. The fourth-order valence-corrected chi connectivity index (χ4v) is 6.39. The van der Waals surface area contributed by atoms with Crippen LogP contribution in [0.3, 0.4) is 0 Å². The lowest BCUT2D eigenvalue weighted by molar-refractivity contribution is 0.155. The van der Waals surface area contributed by atoms with E-state index < -0.39 is 10.0 Å². The topological polar surface area (TPSA) is 73.0 Å². The number of aryl methyl sites for hydroxylation is 3. The summed E-state index contributed by atoms with van der Waals surface area (Å²) in [5.41, 5.74) is 3.45. The third-order valence-electron chi connectivity index (χ3n) is 6.21. The van der Waals surface area contributed by atoms with Gasteiger partial charge in [-0.1, -0.05) is 29.8 Å². The fraction of sp³-hybridized carbons (Fsp3) is 0.500. The van der Waals surface area contributed by atoms with Gasteiger partial charge in [0.15, 0.2) is 0 Å². The van der Waals surface area contributed by atoms with Crippen LogP contribution >= 0.6 is 0 Å². The molecule has 0 radical (unpaired) electrons. The average molecular weight is 505 g/mol. The molecule has 0 bridgehead atoms. The number of amides is 2. The molecular formula is C26H37FN4O3S. The van der Waals surface area contributed by atoms with Gasteiger partial charge >= 0.3 is 6.03 Å².